The summed E-state index contributed by atoms with van der Waals surface area (Å²) in [4.78, 5) is 2.32. The molecule has 2 heterocycles. The molecule has 1 atom stereocenters. The van der Waals surface area contributed by atoms with E-state index in [-0.39, 0.29) is 5.41 Å². The van der Waals surface area contributed by atoms with Crippen molar-refractivity contribution in [1.29, 1.82) is 0 Å². The zero-order chi connectivity index (χ0) is 33.2. The zero-order valence-corrected chi connectivity index (χ0v) is 27.6. The summed E-state index contributed by atoms with van der Waals surface area (Å²) in [6.45, 7) is 2.33. The number of fused-ring (bicyclic) bond motifs is 7. The van der Waals surface area contributed by atoms with Crippen LogP contribution in [0.15, 0.2) is 184 Å². The highest BCUT2D eigenvalue weighted by atomic mass is 16.3. The molecule has 238 valence electrons. The van der Waals surface area contributed by atoms with Gasteiger partial charge in [0.2, 0.25) is 0 Å². The largest absolute Gasteiger partial charge is 0.454 e. The second kappa shape index (κ2) is 11.1. The van der Waals surface area contributed by atoms with E-state index in [4.69, 9.17) is 8.83 Å². The molecule has 0 radical (unpaired) electrons. The first-order chi connectivity index (χ1) is 24.6. The average molecular weight is 644 g/mol. The molecule has 0 amide bonds. The van der Waals surface area contributed by atoms with Crippen molar-refractivity contribution in [1.82, 2.24) is 0 Å². The fourth-order valence-corrected chi connectivity index (χ4v) is 7.75. The number of allylic oxidation sites excluding steroid dienone is 3. The van der Waals surface area contributed by atoms with Crippen LogP contribution in [-0.2, 0) is 5.41 Å². The molecule has 0 bridgehead atoms. The summed E-state index contributed by atoms with van der Waals surface area (Å²) in [5.41, 5.74) is 10.1. The first-order valence-corrected chi connectivity index (χ1v) is 17.2. The molecular formula is C47H33NO2. The average Bonchev–Trinajstić information content (AvgIpc) is 3.75. The molecule has 2 aromatic heterocycles. The summed E-state index contributed by atoms with van der Waals surface area (Å²) in [6, 6.07) is 53.7. The molecule has 1 aliphatic rings. The molecule has 0 aliphatic heterocycles. The van der Waals surface area contributed by atoms with E-state index in [0.29, 0.717) is 0 Å². The molecule has 1 unspecified atom stereocenters. The van der Waals surface area contributed by atoms with Gasteiger partial charge in [0.1, 0.15) is 11.2 Å². The van der Waals surface area contributed by atoms with Gasteiger partial charge in [-0.05, 0) is 70.3 Å². The maximum atomic E-state index is 6.62. The minimum Gasteiger partial charge on any atom is -0.454 e. The van der Waals surface area contributed by atoms with E-state index in [1.165, 1.54) is 27.5 Å². The Bertz CT molecular complexity index is 2720. The quantitative estimate of drug-likeness (QED) is 0.187. The Hall–Kier alpha value is -6.32. The Morgan fingerprint density at radius 3 is 1.76 bits per heavy atom. The van der Waals surface area contributed by atoms with Gasteiger partial charge in [-0.25, -0.2) is 0 Å². The number of furan rings is 2. The second-order valence-electron chi connectivity index (χ2n) is 13.6. The van der Waals surface area contributed by atoms with Crippen LogP contribution in [0.4, 0.5) is 11.4 Å². The van der Waals surface area contributed by atoms with Crippen LogP contribution in [-0.4, -0.2) is 0 Å². The smallest absolute Gasteiger partial charge is 0.159 e. The number of hydrogen-bond donors (Lipinski definition) is 0. The van der Waals surface area contributed by atoms with Crippen molar-refractivity contribution >= 4 is 66.0 Å². The third-order valence-corrected chi connectivity index (χ3v) is 10.5. The van der Waals surface area contributed by atoms with Crippen molar-refractivity contribution in [3.63, 3.8) is 0 Å². The van der Waals surface area contributed by atoms with Gasteiger partial charge in [0, 0.05) is 32.7 Å². The fraction of sp³-hybridized carbons (Fsp3) is 0.0638. The Kier molecular flexibility index (Phi) is 6.37. The van der Waals surface area contributed by atoms with Gasteiger partial charge in [-0.3, -0.25) is 0 Å². The van der Waals surface area contributed by atoms with Crippen LogP contribution in [0.3, 0.4) is 0 Å². The predicted molar refractivity (Wildman–Crippen MR) is 208 cm³/mol. The van der Waals surface area contributed by atoms with Crippen molar-refractivity contribution in [3.8, 4) is 11.1 Å². The Balaban J connectivity index is 1.10. The molecule has 0 N–H and O–H groups in total. The van der Waals surface area contributed by atoms with Crippen molar-refractivity contribution in [2.75, 3.05) is 4.90 Å². The third kappa shape index (κ3) is 4.51. The summed E-state index contributed by atoms with van der Waals surface area (Å²) < 4.78 is 13.2. The summed E-state index contributed by atoms with van der Waals surface area (Å²) in [5, 5.41) is 6.92. The van der Waals surface area contributed by atoms with Gasteiger partial charge in [-0.2, -0.15) is 0 Å². The van der Waals surface area contributed by atoms with E-state index in [0.717, 1.165) is 67.4 Å². The molecule has 7 aromatic carbocycles. The number of hydrogen-bond acceptors (Lipinski definition) is 3. The summed E-state index contributed by atoms with van der Waals surface area (Å²) in [6.07, 6.45) is 7.84. The highest BCUT2D eigenvalue weighted by molar-refractivity contribution is 6.13. The maximum absolute atomic E-state index is 6.62. The lowest BCUT2D eigenvalue weighted by Gasteiger charge is -2.33. The molecule has 3 nitrogen and oxygen atoms in total. The monoisotopic (exact) mass is 643 g/mol. The van der Waals surface area contributed by atoms with E-state index in [9.17, 15) is 0 Å². The van der Waals surface area contributed by atoms with Crippen LogP contribution < -0.4 is 4.90 Å². The molecule has 0 fully saturated rings. The lowest BCUT2D eigenvalue weighted by atomic mass is 9.76. The minimum atomic E-state index is -0.182. The highest BCUT2D eigenvalue weighted by Gasteiger charge is 2.29. The maximum Gasteiger partial charge on any atom is 0.159 e. The highest BCUT2D eigenvalue weighted by Crippen LogP contribution is 2.46. The number of rotatable bonds is 5. The van der Waals surface area contributed by atoms with Crippen molar-refractivity contribution in [2.45, 2.75) is 18.8 Å². The Morgan fingerprint density at radius 2 is 1.10 bits per heavy atom. The number of para-hydroxylation sites is 4. The van der Waals surface area contributed by atoms with E-state index < -0.39 is 0 Å². The lowest BCUT2D eigenvalue weighted by molar-refractivity contribution is 0.595. The second-order valence-corrected chi connectivity index (χ2v) is 13.6. The zero-order valence-electron chi connectivity index (χ0n) is 27.6. The predicted octanol–water partition coefficient (Wildman–Crippen LogP) is 13.2. The summed E-state index contributed by atoms with van der Waals surface area (Å²) in [7, 11) is 0. The van der Waals surface area contributed by atoms with E-state index in [1.54, 1.807) is 0 Å². The molecule has 0 saturated carbocycles. The standard InChI is InChI=1S/C47H33NO2/c1-47(35-14-8-13-33(30-35)34-24-23-31-11-2-3-12-32(31)29-34)27-25-36(26-28-47)48(41-19-9-17-39-37-15-4-6-21-43(37)49-45(39)41)42-20-10-18-40-38-16-5-7-22-44(38)50-46(40)42/h2-27,29-30H,28H2,1H3. The molecule has 0 saturated heterocycles. The van der Waals surface area contributed by atoms with E-state index >= 15 is 0 Å². The Morgan fingerprint density at radius 1 is 0.520 bits per heavy atom. The van der Waals surface area contributed by atoms with Gasteiger partial charge in [-0.1, -0.05) is 140 Å². The van der Waals surface area contributed by atoms with Crippen LogP contribution >= 0.6 is 0 Å². The lowest BCUT2D eigenvalue weighted by Crippen LogP contribution is -2.24. The van der Waals surface area contributed by atoms with Crippen molar-refractivity contribution < 1.29 is 8.83 Å². The van der Waals surface area contributed by atoms with Crippen LogP contribution in [0, 0.1) is 0 Å². The van der Waals surface area contributed by atoms with Gasteiger partial charge >= 0.3 is 0 Å². The van der Waals surface area contributed by atoms with Gasteiger partial charge < -0.3 is 13.7 Å². The first-order valence-electron chi connectivity index (χ1n) is 17.2. The molecular weight excluding hydrogens is 611 g/mol. The first kappa shape index (κ1) is 28.7. The van der Waals surface area contributed by atoms with Crippen molar-refractivity contribution in [2.24, 2.45) is 0 Å². The molecule has 1 aliphatic carbocycles. The molecule has 10 rings (SSSR count). The van der Waals surface area contributed by atoms with Crippen LogP contribution in [0.1, 0.15) is 18.9 Å². The molecule has 9 aromatic rings. The third-order valence-electron chi connectivity index (χ3n) is 10.5. The van der Waals surface area contributed by atoms with Crippen LogP contribution in [0.2, 0.25) is 0 Å². The van der Waals surface area contributed by atoms with Gasteiger partial charge in [-0.15, -0.1) is 0 Å². The normalized spacial score (nSPS) is 16.1. The number of nitrogens with zero attached hydrogens (tertiary/aromatic N) is 1. The van der Waals surface area contributed by atoms with Crippen LogP contribution in [0.5, 0.6) is 0 Å². The van der Waals surface area contributed by atoms with Gasteiger partial charge in [0.15, 0.2) is 11.2 Å². The fourth-order valence-electron chi connectivity index (χ4n) is 7.75. The van der Waals surface area contributed by atoms with E-state index in [1.807, 2.05) is 24.3 Å². The minimum absolute atomic E-state index is 0.182. The topological polar surface area (TPSA) is 29.5 Å². The summed E-state index contributed by atoms with van der Waals surface area (Å²) >= 11 is 0. The van der Waals surface area contributed by atoms with Crippen molar-refractivity contribution in [3.05, 3.63) is 181 Å². The Labute approximate surface area is 290 Å². The van der Waals surface area contributed by atoms with Gasteiger partial charge in [0.25, 0.3) is 0 Å². The number of anilines is 2. The van der Waals surface area contributed by atoms with Crippen LogP contribution in [0.25, 0.3) is 65.8 Å². The molecule has 0 spiro atoms. The van der Waals surface area contributed by atoms with E-state index in [2.05, 4.69) is 157 Å². The molecule has 50 heavy (non-hydrogen) atoms. The summed E-state index contributed by atoms with van der Waals surface area (Å²) in [5.74, 6) is 0. The SMILES string of the molecule is CC1(c2cccc(-c3ccc4ccccc4c3)c2)C=CC(N(c2cccc3c2oc2ccccc23)c2cccc3c2oc2ccccc23)=CC1. The molecule has 3 heteroatoms. The van der Waals surface area contributed by atoms with Gasteiger partial charge in [0.05, 0.1) is 11.4 Å². The number of benzene rings is 7.